The standard InChI is InChI=1S/C10H11F2NO3/c11-10(12)3-9(13,4-10)8-6(15)1-5(14)2-7(8)16/h1-2,14-16H,3-4,13H2. The van der Waals surface area contributed by atoms with Gasteiger partial charge in [-0.25, -0.2) is 8.78 Å². The fourth-order valence-electron chi connectivity index (χ4n) is 2.16. The molecule has 16 heavy (non-hydrogen) atoms. The van der Waals surface area contributed by atoms with Crippen LogP contribution in [0.1, 0.15) is 18.4 Å². The summed E-state index contributed by atoms with van der Waals surface area (Å²) in [6, 6.07) is 1.92. The van der Waals surface area contributed by atoms with Gasteiger partial charge in [0.1, 0.15) is 17.2 Å². The van der Waals surface area contributed by atoms with Gasteiger partial charge in [0.15, 0.2) is 0 Å². The first-order chi connectivity index (χ1) is 7.23. The van der Waals surface area contributed by atoms with Crippen LogP contribution in [0.4, 0.5) is 8.78 Å². The Hall–Kier alpha value is -1.56. The SMILES string of the molecule is NC1(c2c(O)cc(O)cc2O)CC(F)(F)C1. The number of phenols is 3. The molecule has 88 valence electrons. The van der Waals surface area contributed by atoms with Crippen molar-refractivity contribution < 1.29 is 24.1 Å². The summed E-state index contributed by atoms with van der Waals surface area (Å²) in [7, 11) is 0. The Morgan fingerprint density at radius 2 is 1.50 bits per heavy atom. The smallest absolute Gasteiger partial charge is 0.252 e. The highest BCUT2D eigenvalue weighted by Crippen LogP contribution is 2.54. The number of hydrogen-bond acceptors (Lipinski definition) is 4. The highest BCUT2D eigenvalue weighted by molar-refractivity contribution is 5.53. The third-order valence-corrected chi connectivity index (χ3v) is 2.73. The molecule has 1 aliphatic rings. The molecule has 0 spiro atoms. The van der Waals surface area contributed by atoms with E-state index in [1.54, 1.807) is 0 Å². The van der Waals surface area contributed by atoms with Crippen molar-refractivity contribution in [2.75, 3.05) is 0 Å². The molecule has 4 nitrogen and oxygen atoms in total. The van der Waals surface area contributed by atoms with E-state index < -0.39 is 35.8 Å². The van der Waals surface area contributed by atoms with Crippen LogP contribution >= 0.6 is 0 Å². The van der Waals surface area contributed by atoms with Gasteiger partial charge in [0.05, 0.1) is 11.1 Å². The van der Waals surface area contributed by atoms with Crippen molar-refractivity contribution in [1.82, 2.24) is 0 Å². The largest absolute Gasteiger partial charge is 0.508 e. The first kappa shape index (κ1) is 10.9. The third kappa shape index (κ3) is 1.55. The van der Waals surface area contributed by atoms with E-state index in [1.807, 2.05) is 0 Å². The average molecular weight is 231 g/mol. The van der Waals surface area contributed by atoms with Gasteiger partial charge in [-0.05, 0) is 0 Å². The van der Waals surface area contributed by atoms with Gasteiger partial charge in [-0.2, -0.15) is 0 Å². The van der Waals surface area contributed by atoms with Crippen LogP contribution in [0.25, 0.3) is 0 Å². The van der Waals surface area contributed by atoms with E-state index in [4.69, 9.17) is 10.8 Å². The van der Waals surface area contributed by atoms with Gasteiger partial charge in [-0.1, -0.05) is 0 Å². The summed E-state index contributed by atoms with van der Waals surface area (Å²) in [6.45, 7) is 0. The fraction of sp³-hybridized carbons (Fsp3) is 0.400. The Bertz CT molecular complexity index is 417. The Balaban J connectivity index is 2.43. The minimum atomic E-state index is -2.87. The molecule has 0 radical (unpaired) electrons. The molecular weight excluding hydrogens is 220 g/mol. The Morgan fingerprint density at radius 1 is 1.06 bits per heavy atom. The number of aromatic hydroxyl groups is 3. The molecule has 1 aromatic carbocycles. The van der Waals surface area contributed by atoms with Crippen molar-refractivity contribution in [3.05, 3.63) is 17.7 Å². The number of rotatable bonds is 1. The molecule has 0 saturated heterocycles. The van der Waals surface area contributed by atoms with E-state index >= 15 is 0 Å². The summed E-state index contributed by atoms with van der Waals surface area (Å²) >= 11 is 0. The van der Waals surface area contributed by atoms with Gasteiger partial charge in [0, 0.05) is 25.0 Å². The second-order valence-electron chi connectivity index (χ2n) is 4.22. The van der Waals surface area contributed by atoms with Crippen molar-refractivity contribution in [3.8, 4) is 17.2 Å². The Kier molecular flexibility index (Phi) is 2.03. The summed E-state index contributed by atoms with van der Waals surface area (Å²) in [5.74, 6) is -4.18. The quantitative estimate of drug-likeness (QED) is 0.588. The lowest BCUT2D eigenvalue weighted by Crippen LogP contribution is -2.55. The van der Waals surface area contributed by atoms with Crippen LogP contribution < -0.4 is 5.73 Å². The van der Waals surface area contributed by atoms with Crippen molar-refractivity contribution in [2.45, 2.75) is 24.3 Å². The summed E-state index contributed by atoms with van der Waals surface area (Å²) in [4.78, 5) is 0. The number of alkyl halides is 2. The summed E-state index contributed by atoms with van der Waals surface area (Å²) in [5, 5.41) is 28.1. The van der Waals surface area contributed by atoms with E-state index in [-0.39, 0.29) is 11.3 Å². The van der Waals surface area contributed by atoms with Gasteiger partial charge < -0.3 is 21.1 Å². The molecule has 0 aliphatic heterocycles. The van der Waals surface area contributed by atoms with Gasteiger partial charge in [-0.15, -0.1) is 0 Å². The van der Waals surface area contributed by atoms with Crippen molar-refractivity contribution in [2.24, 2.45) is 5.73 Å². The van der Waals surface area contributed by atoms with Crippen LogP contribution in [0.2, 0.25) is 0 Å². The molecule has 1 saturated carbocycles. The van der Waals surface area contributed by atoms with Crippen LogP contribution in [0.15, 0.2) is 12.1 Å². The predicted molar refractivity (Wildman–Crippen MR) is 51.5 cm³/mol. The number of hydrogen-bond donors (Lipinski definition) is 4. The molecule has 5 N–H and O–H groups in total. The van der Waals surface area contributed by atoms with Crippen LogP contribution in [0.5, 0.6) is 17.2 Å². The highest BCUT2D eigenvalue weighted by Gasteiger charge is 2.57. The van der Waals surface area contributed by atoms with Crippen molar-refractivity contribution >= 4 is 0 Å². The molecule has 0 atom stereocenters. The van der Waals surface area contributed by atoms with E-state index in [1.165, 1.54) is 0 Å². The van der Waals surface area contributed by atoms with Crippen LogP contribution in [-0.2, 0) is 5.54 Å². The second-order valence-corrected chi connectivity index (χ2v) is 4.22. The van der Waals surface area contributed by atoms with Crippen molar-refractivity contribution in [1.29, 1.82) is 0 Å². The molecule has 0 unspecified atom stereocenters. The molecule has 0 heterocycles. The van der Waals surface area contributed by atoms with Crippen LogP contribution in [-0.4, -0.2) is 21.2 Å². The molecule has 0 amide bonds. The van der Waals surface area contributed by atoms with E-state index in [0.29, 0.717) is 0 Å². The summed E-state index contributed by atoms with van der Waals surface area (Å²) in [5.41, 5.74) is 4.09. The monoisotopic (exact) mass is 231 g/mol. The second kappa shape index (κ2) is 2.98. The van der Waals surface area contributed by atoms with Gasteiger partial charge >= 0.3 is 0 Å². The molecule has 0 bridgehead atoms. The Morgan fingerprint density at radius 3 is 1.88 bits per heavy atom. The minimum Gasteiger partial charge on any atom is -0.508 e. The first-order valence-corrected chi connectivity index (χ1v) is 4.66. The molecule has 1 aliphatic carbocycles. The molecule has 6 heteroatoms. The maximum absolute atomic E-state index is 12.8. The first-order valence-electron chi connectivity index (χ1n) is 4.66. The van der Waals surface area contributed by atoms with Gasteiger partial charge in [0.25, 0.3) is 5.92 Å². The number of nitrogens with two attached hydrogens (primary N) is 1. The molecule has 2 rings (SSSR count). The summed E-state index contributed by atoms with van der Waals surface area (Å²) < 4.78 is 25.5. The maximum Gasteiger partial charge on any atom is 0.252 e. The number of halogens is 2. The molecule has 1 fully saturated rings. The zero-order chi connectivity index (χ0) is 12.1. The zero-order valence-corrected chi connectivity index (χ0v) is 8.24. The lowest BCUT2D eigenvalue weighted by molar-refractivity contribution is -0.125. The lowest BCUT2D eigenvalue weighted by Gasteiger charge is -2.45. The van der Waals surface area contributed by atoms with Crippen LogP contribution in [0, 0.1) is 0 Å². The normalized spacial score (nSPS) is 21.4. The van der Waals surface area contributed by atoms with Crippen LogP contribution in [0.3, 0.4) is 0 Å². The van der Waals surface area contributed by atoms with Gasteiger partial charge in [0.2, 0.25) is 0 Å². The van der Waals surface area contributed by atoms with Gasteiger partial charge in [-0.3, -0.25) is 0 Å². The third-order valence-electron chi connectivity index (χ3n) is 2.73. The fourth-order valence-corrected chi connectivity index (χ4v) is 2.16. The summed E-state index contributed by atoms with van der Waals surface area (Å²) in [6.07, 6.45) is -1.27. The van der Waals surface area contributed by atoms with E-state index in [2.05, 4.69) is 0 Å². The molecular formula is C10H11F2NO3. The molecule has 1 aromatic rings. The molecule has 0 aromatic heterocycles. The lowest BCUT2D eigenvalue weighted by atomic mass is 9.69. The van der Waals surface area contributed by atoms with E-state index in [0.717, 1.165) is 12.1 Å². The van der Waals surface area contributed by atoms with E-state index in [9.17, 15) is 19.0 Å². The predicted octanol–water partition coefficient (Wildman–Crippen LogP) is 1.39. The number of phenolic OH excluding ortho intramolecular Hbond substituents is 3. The number of benzene rings is 1. The van der Waals surface area contributed by atoms with Crippen molar-refractivity contribution in [3.63, 3.8) is 0 Å². The Labute approximate surface area is 89.9 Å². The average Bonchev–Trinajstić information content (AvgIpc) is 1.95. The minimum absolute atomic E-state index is 0.142. The maximum atomic E-state index is 12.8. The zero-order valence-electron chi connectivity index (χ0n) is 8.24. The topological polar surface area (TPSA) is 86.7 Å². The highest BCUT2D eigenvalue weighted by atomic mass is 19.3.